The quantitative estimate of drug-likeness (QED) is 0.301. The fourth-order valence-corrected chi connectivity index (χ4v) is 0.599. The van der Waals surface area contributed by atoms with Gasteiger partial charge in [-0.25, -0.2) is 4.98 Å². The van der Waals surface area contributed by atoms with Crippen LogP contribution < -0.4 is 11.6 Å². The Morgan fingerprint density at radius 1 is 1.73 bits per heavy atom. The van der Waals surface area contributed by atoms with E-state index in [2.05, 4.69) is 20.3 Å². The molecule has 11 heavy (non-hydrogen) atoms. The largest absolute Gasteiger partial charge is 0.364 e. The number of aromatic nitrogens is 2. The molecule has 58 valence electrons. The van der Waals surface area contributed by atoms with Gasteiger partial charge in [0.1, 0.15) is 0 Å². The van der Waals surface area contributed by atoms with Crippen LogP contribution in [0.3, 0.4) is 0 Å². The summed E-state index contributed by atoms with van der Waals surface area (Å²) in [7, 11) is 0. The monoisotopic (exact) mass is 154 g/mol. The molecule has 0 unspecified atom stereocenters. The van der Waals surface area contributed by atoms with Crippen LogP contribution in [0.1, 0.15) is 10.5 Å². The standard InChI is InChI=1S/C4H6N6O/c5-3(11)2-4(9-10-6)8-1-7-2/h1H,(H2,5,11)(H2,6,9)(H,7,8). The zero-order valence-electron chi connectivity index (χ0n) is 5.48. The summed E-state index contributed by atoms with van der Waals surface area (Å²) in [6.45, 7) is 0. The highest BCUT2D eigenvalue weighted by Crippen LogP contribution is 2.11. The number of carbonyl (C=O) groups is 1. The Morgan fingerprint density at radius 3 is 3.00 bits per heavy atom. The Labute approximate surface area is 61.5 Å². The van der Waals surface area contributed by atoms with Crippen molar-refractivity contribution in [3.8, 4) is 0 Å². The van der Waals surface area contributed by atoms with Gasteiger partial charge in [0.25, 0.3) is 5.91 Å². The summed E-state index contributed by atoms with van der Waals surface area (Å²) in [6, 6.07) is 0. The zero-order valence-corrected chi connectivity index (χ0v) is 5.48. The highest BCUT2D eigenvalue weighted by atomic mass is 16.1. The van der Waals surface area contributed by atoms with Gasteiger partial charge in [-0.15, -0.1) is 5.11 Å². The molecule has 5 N–H and O–H groups in total. The van der Waals surface area contributed by atoms with E-state index in [0.717, 1.165) is 0 Å². The van der Waals surface area contributed by atoms with Gasteiger partial charge in [-0.1, -0.05) is 5.22 Å². The Morgan fingerprint density at radius 2 is 2.45 bits per heavy atom. The van der Waals surface area contributed by atoms with Crippen molar-refractivity contribution < 1.29 is 4.79 Å². The molecule has 1 heterocycles. The number of nitrogens with one attached hydrogen (secondary N) is 1. The second-order valence-electron chi connectivity index (χ2n) is 1.68. The number of amides is 1. The van der Waals surface area contributed by atoms with Crippen LogP contribution in [-0.2, 0) is 0 Å². The van der Waals surface area contributed by atoms with Gasteiger partial charge in [0.05, 0.1) is 6.33 Å². The molecule has 0 fully saturated rings. The molecule has 1 rings (SSSR count). The number of rotatable bonds is 2. The van der Waals surface area contributed by atoms with E-state index in [9.17, 15) is 4.79 Å². The maximum atomic E-state index is 10.6. The molecule has 0 radical (unpaired) electrons. The van der Waals surface area contributed by atoms with Crippen molar-refractivity contribution in [1.29, 1.82) is 0 Å². The summed E-state index contributed by atoms with van der Waals surface area (Å²) in [5.41, 5.74) is 5.03. The average molecular weight is 154 g/mol. The van der Waals surface area contributed by atoms with Crippen LogP contribution in [0.4, 0.5) is 5.82 Å². The normalized spacial score (nSPS) is 10.5. The lowest BCUT2D eigenvalue weighted by atomic mass is 10.4. The molecule has 7 heteroatoms. The summed E-state index contributed by atoms with van der Waals surface area (Å²) in [4.78, 5) is 16.7. The van der Waals surface area contributed by atoms with Crippen molar-refractivity contribution in [1.82, 2.24) is 9.97 Å². The van der Waals surface area contributed by atoms with E-state index in [1.807, 2.05) is 0 Å². The first-order chi connectivity index (χ1) is 5.25. The Bertz CT molecular complexity index is 289. The maximum Gasteiger partial charge on any atom is 0.269 e. The van der Waals surface area contributed by atoms with E-state index in [-0.39, 0.29) is 11.5 Å². The number of primary amides is 1. The summed E-state index contributed by atoms with van der Waals surface area (Å²) in [5, 5.41) is 6.30. The molecule has 0 saturated carbocycles. The highest BCUT2D eigenvalue weighted by Gasteiger charge is 2.09. The molecule has 0 aliphatic heterocycles. The molecule has 7 nitrogen and oxygen atoms in total. The molecule has 1 amide bonds. The number of hydrogen-bond donors (Lipinski definition) is 3. The number of aromatic amines is 1. The molecule has 0 aliphatic carbocycles. The second kappa shape index (κ2) is 2.78. The van der Waals surface area contributed by atoms with Gasteiger partial charge in [-0.2, -0.15) is 0 Å². The van der Waals surface area contributed by atoms with Gasteiger partial charge in [0.15, 0.2) is 5.69 Å². The van der Waals surface area contributed by atoms with Gasteiger partial charge in [0, 0.05) is 0 Å². The second-order valence-corrected chi connectivity index (χ2v) is 1.68. The first-order valence-electron chi connectivity index (χ1n) is 2.70. The van der Waals surface area contributed by atoms with Crippen LogP contribution in [0.2, 0.25) is 0 Å². The SMILES string of the molecule is NN=Nc1nc[nH]c1C(N)=O. The lowest BCUT2D eigenvalue weighted by Crippen LogP contribution is -2.11. The zero-order chi connectivity index (χ0) is 8.27. The average Bonchev–Trinajstić information content (AvgIpc) is 2.36. The molecule has 1 aromatic heterocycles. The minimum atomic E-state index is -0.648. The molecule has 0 aromatic carbocycles. The number of nitrogens with two attached hydrogens (primary N) is 2. The van der Waals surface area contributed by atoms with Crippen molar-refractivity contribution in [3.05, 3.63) is 12.0 Å². The van der Waals surface area contributed by atoms with E-state index < -0.39 is 5.91 Å². The maximum absolute atomic E-state index is 10.6. The lowest BCUT2D eigenvalue weighted by molar-refractivity contribution is 0.0997. The molecule has 0 saturated heterocycles. The fourth-order valence-electron chi connectivity index (χ4n) is 0.599. The van der Waals surface area contributed by atoms with Crippen molar-refractivity contribution in [2.75, 3.05) is 0 Å². The molecular weight excluding hydrogens is 148 g/mol. The minimum Gasteiger partial charge on any atom is -0.364 e. The Hall–Kier alpha value is -1.92. The molecule has 0 atom stereocenters. The van der Waals surface area contributed by atoms with Crippen molar-refractivity contribution in [3.63, 3.8) is 0 Å². The summed E-state index contributed by atoms with van der Waals surface area (Å²) >= 11 is 0. The van der Waals surface area contributed by atoms with E-state index in [4.69, 9.17) is 11.6 Å². The minimum absolute atomic E-state index is 0.0965. The Kier molecular flexibility index (Phi) is 1.81. The van der Waals surface area contributed by atoms with Crippen LogP contribution in [0.5, 0.6) is 0 Å². The molecule has 1 aromatic rings. The van der Waals surface area contributed by atoms with E-state index >= 15 is 0 Å². The van der Waals surface area contributed by atoms with Crippen LogP contribution in [0.25, 0.3) is 0 Å². The molecular formula is C4H6N6O. The molecule has 0 spiro atoms. The van der Waals surface area contributed by atoms with Gasteiger partial charge in [-0.3, -0.25) is 4.79 Å². The predicted molar refractivity (Wildman–Crippen MR) is 35.8 cm³/mol. The van der Waals surface area contributed by atoms with Crippen LogP contribution in [0.15, 0.2) is 16.7 Å². The van der Waals surface area contributed by atoms with E-state index in [1.165, 1.54) is 6.33 Å². The van der Waals surface area contributed by atoms with Gasteiger partial charge < -0.3 is 16.6 Å². The van der Waals surface area contributed by atoms with Crippen LogP contribution >= 0.6 is 0 Å². The lowest BCUT2D eigenvalue weighted by Gasteiger charge is -1.87. The van der Waals surface area contributed by atoms with Crippen molar-refractivity contribution in [2.45, 2.75) is 0 Å². The smallest absolute Gasteiger partial charge is 0.269 e. The molecule has 0 bridgehead atoms. The predicted octanol–water partition coefficient (Wildman–Crippen LogP) is -0.534. The molecule has 0 aliphatic rings. The third-order valence-electron chi connectivity index (χ3n) is 1.02. The summed E-state index contributed by atoms with van der Waals surface area (Å²) in [5.74, 6) is 4.19. The first kappa shape index (κ1) is 7.19. The van der Waals surface area contributed by atoms with E-state index in [0.29, 0.717) is 0 Å². The fraction of sp³-hybridized carbons (Fsp3) is 0. The summed E-state index contributed by atoms with van der Waals surface area (Å²) < 4.78 is 0. The van der Waals surface area contributed by atoms with Gasteiger partial charge in [-0.05, 0) is 0 Å². The number of nitrogens with zero attached hydrogens (tertiary/aromatic N) is 3. The Balaban J connectivity index is 3.05. The van der Waals surface area contributed by atoms with Crippen molar-refractivity contribution >= 4 is 11.7 Å². The van der Waals surface area contributed by atoms with Gasteiger partial charge >= 0.3 is 0 Å². The third kappa shape index (κ3) is 1.31. The first-order valence-corrected chi connectivity index (χ1v) is 2.70. The highest BCUT2D eigenvalue weighted by molar-refractivity contribution is 5.94. The van der Waals surface area contributed by atoms with Crippen LogP contribution in [-0.4, -0.2) is 15.9 Å². The number of hydrogen-bond acceptors (Lipinski definition) is 4. The van der Waals surface area contributed by atoms with Crippen molar-refractivity contribution in [2.24, 2.45) is 21.9 Å². The third-order valence-corrected chi connectivity index (χ3v) is 1.02. The number of imidazole rings is 1. The summed E-state index contributed by atoms with van der Waals surface area (Å²) in [6.07, 6.45) is 1.28. The number of carbonyl (C=O) groups excluding carboxylic acids is 1. The van der Waals surface area contributed by atoms with Crippen LogP contribution in [0, 0.1) is 0 Å². The topological polar surface area (TPSA) is 123 Å². The number of H-pyrrole nitrogens is 1. The van der Waals surface area contributed by atoms with E-state index in [1.54, 1.807) is 0 Å². The van der Waals surface area contributed by atoms with Gasteiger partial charge in [0.2, 0.25) is 5.82 Å².